The molecule has 2 aromatic rings. The van der Waals surface area contributed by atoms with E-state index in [1.54, 1.807) is 25.1 Å². The number of ether oxygens (including phenoxy) is 2. The number of benzene rings is 2. The van der Waals surface area contributed by atoms with Gasteiger partial charge in [0, 0.05) is 6.08 Å². The molecule has 1 atom stereocenters. The summed E-state index contributed by atoms with van der Waals surface area (Å²) in [6.45, 7) is 1.01. The van der Waals surface area contributed by atoms with E-state index in [9.17, 15) is 13.6 Å². The molecule has 1 unspecified atom stereocenters. The van der Waals surface area contributed by atoms with Crippen LogP contribution in [-0.2, 0) is 4.79 Å². The average molecular weight is 361 g/mol. The van der Waals surface area contributed by atoms with Crippen molar-refractivity contribution >= 4 is 12.0 Å². The Labute approximate surface area is 151 Å². The number of nitrogens with one attached hydrogen (secondary N) is 1. The maximum Gasteiger partial charge on any atom is 0.387 e. The van der Waals surface area contributed by atoms with Gasteiger partial charge in [0.1, 0.15) is 0 Å². The molecule has 0 heterocycles. The van der Waals surface area contributed by atoms with E-state index in [2.05, 4.69) is 10.1 Å². The van der Waals surface area contributed by atoms with Gasteiger partial charge in [0.05, 0.1) is 12.6 Å². The maximum atomic E-state index is 12.4. The minimum absolute atomic E-state index is 0.0406. The Bertz CT molecular complexity index is 748. The highest BCUT2D eigenvalue weighted by Crippen LogP contribution is 2.30. The van der Waals surface area contributed by atoms with Crippen LogP contribution in [0.25, 0.3) is 6.08 Å². The van der Waals surface area contributed by atoms with Crippen molar-refractivity contribution < 1.29 is 23.0 Å². The molecule has 0 radical (unpaired) electrons. The number of halogens is 2. The molecule has 1 N–H and O–H groups in total. The van der Waals surface area contributed by atoms with Gasteiger partial charge in [0.25, 0.3) is 0 Å². The number of alkyl halides is 2. The predicted octanol–water partition coefficient (Wildman–Crippen LogP) is 4.58. The molecule has 0 saturated carbocycles. The normalized spacial score (nSPS) is 12.2. The van der Waals surface area contributed by atoms with Crippen LogP contribution < -0.4 is 14.8 Å². The number of hydrogen-bond acceptors (Lipinski definition) is 3. The van der Waals surface area contributed by atoms with E-state index in [4.69, 9.17) is 4.74 Å². The van der Waals surface area contributed by atoms with Gasteiger partial charge >= 0.3 is 6.61 Å². The molecule has 0 aromatic heterocycles. The van der Waals surface area contributed by atoms with Crippen molar-refractivity contribution in [2.45, 2.75) is 26.5 Å². The lowest BCUT2D eigenvalue weighted by molar-refractivity contribution is -0.117. The van der Waals surface area contributed by atoms with Gasteiger partial charge in [-0.2, -0.15) is 8.78 Å². The summed E-state index contributed by atoms with van der Waals surface area (Å²) in [7, 11) is 0. The Kier molecular flexibility index (Phi) is 7.14. The van der Waals surface area contributed by atoms with Crippen molar-refractivity contribution in [2.24, 2.45) is 0 Å². The first-order chi connectivity index (χ1) is 12.5. The molecule has 0 aliphatic rings. The van der Waals surface area contributed by atoms with Crippen LogP contribution in [0.1, 0.15) is 31.0 Å². The van der Waals surface area contributed by atoms with Crippen LogP contribution in [0.2, 0.25) is 0 Å². The van der Waals surface area contributed by atoms with Gasteiger partial charge in [-0.05, 0) is 43.2 Å². The maximum absolute atomic E-state index is 12.4. The second-order valence-corrected chi connectivity index (χ2v) is 5.49. The summed E-state index contributed by atoms with van der Waals surface area (Å²) < 4.78 is 34.6. The molecule has 1 amide bonds. The second kappa shape index (κ2) is 9.56. The third kappa shape index (κ3) is 5.88. The fourth-order valence-electron chi connectivity index (χ4n) is 2.35. The standard InChI is InChI=1S/C20H21F2NO3/c1-3-25-18-13-15(9-11-17(18)26-20(21)22)10-12-19(24)23-14(2)16-7-5-4-6-8-16/h4-14,20H,3H2,1-2H3,(H,23,24)/b12-10+. The van der Waals surface area contributed by atoms with Crippen LogP contribution in [0.15, 0.2) is 54.6 Å². The summed E-state index contributed by atoms with van der Waals surface area (Å²) in [6, 6.07) is 14.0. The quantitative estimate of drug-likeness (QED) is 0.700. The molecule has 0 bridgehead atoms. The first kappa shape index (κ1) is 19.4. The third-order valence-corrected chi connectivity index (χ3v) is 3.57. The first-order valence-corrected chi connectivity index (χ1v) is 8.24. The average Bonchev–Trinajstić information content (AvgIpc) is 2.62. The molecule has 4 nitrogen and oxygen atoms in total. The molecule has 2 rings (SSSR count). The molecule has 0 fully saturated rings. The number of rotatable bonds is 8. The van der Waals surface area contributed by atoms with Crippen LogP contribution >= 0.6 is 0 Å². The van der Waals surface area contributed by atoms with E-state index >= 15 is 0 Å². The van der Waals surface area contributed by atoms with E-state index in [-0.39, 0.29) is 23.4 Å². The molecule has 0 aliphatic carbocycles. The lowest BCUT2D eigenvalue weighted by Crippen LogP contribution is -2.24. The van der Waals surface area contributed by atoms with Crippen LogP contribution in [0, 0.1) is 0 Å². The molecule has 2 aromatic carbocycles. The molecule has 0 saturated heterocycles. The summed E-state index contributed by atoms with van der Waals surface area (Å²) in [6.07, 6.45) is 2.97. The van der Waals surface area contributed by atoms with Gasteiger partial charge in [0.2, 0.25) is 5.91 Å². The van der Waals surface area contributed by atoms with Gasteiger partial charge in [-0.1, -0.05) is 36.4 Å². The Morgan fingerprint density at radius 1 is 1.15 bits per heavy atom. The molecule has 0 aliphatic heterocycles. The van der Waals surface area contributed by atoms with Crippen molar-refractivity contribution in [1.82, 2.24) is 5.32 Å². The highest BCUT2D eigenvalue weighted by molar-refractivity contribution is 5.92. The Balaban J connectivity index is 2.04. The monoisotopic (exact) mass is 361 g/mol. The smallest absolute Gasteiger partial charge is 0.387 e. The highest BCUT2D eigenvalue weighted by Gasteiger charge is 2.11. The zero-order chi connectivity index (χ0) is 18.9. The third-order valence-electron chi connectivity index (χ3n) is 3.57. The summed E-state index contributed by atoms with van der Waals surface area (Å²) in [4.78, 5) is 12.1. The fraction of sp³-hybridized carbons (Fsp3) is 0.250. The van der Waals surface area contributed by atoms with Crippen LogP contribution in [0.4, 0.5) is 8.78 Å². The molecular formula is C20H21F2NO3. The number of hydrogen-bond donors (Lipinski definition) is 1. The van der Waals surface area contributed by atoms with E-state index < -0.39 is 6.61 Å². The summed E-state index contributed by atoms with van der Waals surface area (Å²) >= 11 is 0. The SMILES string of the molecule is CCOc1cc(/C=C/C(=O)NC(C)c2ccccc2)ccc1OC(F)F. The zero-order valence-corrected chi connectivity index (χ0v) is 14.6. The van der Waals surface area contributed by atoms with Crippen molar-refractivity contribution in [3.63, 3.8) is 0 Å². The summed E-state index contributed by atoms with van der Waals surface area (Å²) in [5, 5.41) is 2.86. The Morgan fingerprint density at radius 3 is 2.54 bits per heavy atom. The molecule has 26 heavy (non-hydrogen) atoms. The molecular weight excluding hydrogens is 340 g/mol. The summed E-state index contributed by atoms with van der Waals surface area (Å²) in [5.41, 5.74) is 1.64. The fourth-order valence-corrected chi connectivity index (χ4v) is 2.35. The minimum Gasteiger partial charge on any atom is -0.490 e. The van der Waals surface area contributed by atoms with E-state index in [1.807, 2.05) is 37.3 Å². The highest BCUT2D eigenvalue weighted by atomic mass is 19.3. The van der Waals surface area contributed by atoms with Crippen LogP contribution in [0.3, 0.4) is 0 Å². The second-order valence-electron chi connectivity index (χ2n) is 5.49. The minimum atomic E-state index is -2.93. The molecule has 138 valence electrons. The van der Waals surface area contributed by atoms with Crippen molar-refractivity contribution in [3.8, 4) is 11.5 Å². The number of carbonyl (C=O) groups excluding carboxylic acids is 1. The van der Waals surface area contributed by atoms with Gasteiger partial charge in [-0.3, -0.25) is 4.79 Å². The van der Waals surface area contributed by atoms with Crippen molar-refractivity contribution in [2.75, 3.05) is 6.61 Å². The van der Waals surface area contributed by atoms with Gasteiger partial charge in [0.15, 0.2) is 11.5 Å². The van der Waals surface area contributed by atoms with Gasteiger partial charge in [-0.25, -0.2) is 0 Å². The number of carbonyl (C=O) groups is 1. The Hall–Kier alpha value is -2.89. The summed E-state index contributed by atoms with van der Waals surface area (Å²) in [5.74, 6) is -0.0959. The lowest BCUT2D eigenvalue weighted by Gasteiger charge is -2.13. The Morgan fingerprint density at radius 2 is 1.88 bits per heavy atom. The lowest BCUT2D eigenvalue weighted by atomic mass is 10.1. The molecule has 0 spiro atoms. The predicted molar refractivity (Wildman–Crippen MR) is 96.3 cm³/mol. The van der Waals surface area contributed by atoms with Crippen molar-refractivity contribution in [1.29, 1.82) is 0 Å². The van der Waals surface area contributed by atoms with Crippen LogP contribution in [0.5, 0.6) is 11.5 Å². The van der Waals surface area contributed by atoms with Crippen molar-refractivity contribution in [3.05, 3.63) is 65.7 Å². The zero-order valence-electron chi connectivity index (χ0n) is 14.6. The van der Waals surface area contributed by atoms with E-state index in [1.165, 1.54) is 12.1 Å². The topological polar surface area (TPSA) is 47.6 Å². The van der Waals surface area contributed by atoms with Gasteiger partial charge in [-0.15, -0.1) is 0 Å². The first-order valence-electron chi connectivity index (χ1n) is 8.24. The van der Waals surface area contributed by atoms with Crippen LogP contribution in [-0.4, -0.2) is 19.1 Å². The largest absolute Gasteiger partial charge is 0.490 e. The molecule has 6 heteroatoms. The van der Waals surface area contributed by atoms with E-state index in [0.29, 0.717) is 12.2 Å². The number of amides is 1. The van der Waals surface area contributed by atoms with Gasteiger partial charge < -0.3 is 14.8 Å². The van der Waals surface area contributed by atoms with E-state index in [0.717, 1.165) is 5.56 Å².